The Hall–Kier alpha value is -2.48. The highest BCUT2D eigenvalue weighted by atomic mass is 16.6. The first-order valence-corrected chi connectivity index (χ1v) is 6.94. The highest BCUT2D eigenvalue weighted by Crippen LogP contribution is 2.32. The van der Waals surface area contributed by atoms with Crippen molar-refractivity contribution >= 4 is 23.3 Å². The molecule has 8 heteroatoms. The molecule has 8 nitrogen and oxygen atoms in total. The summed E-state index contributed by atoms with van der Waals surface area (Å²) < 4.78 is 9.44. The monoisotopic (exact) mass is 324 g/mol. The maximum atomic E-state index is 12.3. The minimum Gasteiger partial charge on any atom is -0.469 e. The second-order valence-electron chi connectivity index (χ2n) is 4.94. The Kier molecular flexibility index (Phi) is 6.65. The van der Waals surface area contributed by atoms with Crippen LogP contribution in [0.1, 0.15) is 17.5 Å². The molecule has 0 bridgehead atoms. The van der Waals surface area contributed by atoms with Crippen molar-refractivity contribution in [2.24, 2.45) is 0 Å². The van der Waals surface area contributed by atoms with Crippen molar-refractivity contribution in [3.05, 3.63) is 33.4 Å². The van der Waals surface area contributed by atoms with Crippen molar-refractivity contribution in [2.75, 3.05) is 32.3 Å². The van der Waals surface area contributed by atoms with Gasteiger partial charge in [0, 0.05) is 19.7 Å². The third-order valence-electron chi connectivity index (χ3n) is 3.41. The third kappa shape index (κ3) is 4.49. The fourth-order valence-corrected chi connectivity index (χ4v) is 2.31. The summed E-state index contributed by atoms with van der Waals surface area (Å²) in [4.78, 5) is 35.6. The molecule has 0 saturated heterocycles. The minimum absolute atomic E-state index is 0.0203. The third-order valence-corrected chi connectivity index (χ3v) is 3.41. The van der Waals surface area contributed by atoms with E-state index in [0.29, 0.717) is 16.8 Å². The second-order valence-corrected chi connectivity index (χ2v) is 4.94. The number of aryl methyl sites for hydroxylation is 1. The molecule has 0 atom stereocenters. The molecule has 0 aromatic heterocycles. The number of methoxy groups -OCH3 is 2. The fraction of sp³-hybridized carbons (Fsp3) is 0.467. The molecule has 0 fully saturated rings. The number of rotatable bonds is 7. The summed E-state index contributed by atoms with van der Waals surface area (Å²) in [6.45, 7) is 3.18. The lowest BCUT2D eigenvalue weighted by Crippen LogP contribution is -2.36. The Morgan fingerprint density at radius 3 is 2.43 bits per heavy atom. The molecule has 0 spiro atoms. The lowest BCUT2D eigenvalue weighted by Gasteiger charge is -2.25. The predicted octanol–water partition coefficient (Wildman–Crippen LogP) is 1.75. The molecule has 1 aromatic rings. The lowest BCUT2D eigenvalue weighted by atomic mass is 10.1. The van der Waals surface area contributed by atoms with Crippen LogP contribution in [0.4, 0.5) is 11.4 Å². The van der Waals surface area contributed by atoms with Crippen LogP contribution >= 0.6 is 0 Å². The Balaban J connectivity index is 3.30. The number of hydrogen-bond acceptors (Lipinski definition) is 6. The van der Waals surface area contributed by atoms with E-state index in [0.717, 1.165) is 0 Å². The average molecular weight is 324 g/mol. The van der Waals surface area contributed by atoms with Crippen molar-refractivity contribution in [1.82, 2.24) is 0 Å². The van der Waals surface area contributed by atoms with Crippen molar-refractivity contribution < 1.29 is 24.0 Å². The topological polar surface area (TPSA) is 99.0 Å². The summed E-state index contributed by atoms with van der Waals surface area (Å²) in [5.41, 5.74) is 1.40. The molecular formula is C15H20N2O6. The van der Waals surface area contributed by atoms with Gasteiger partial charge in [-0.1, -0.05) is 6.07 Å². The SMILES string of the molecule is COCC(=O)N(CCC(=O)OC)c1c(C)ccc([N+](=O)[O-])c1C. The predicted molar refractivity (Wildman–Crippen MR) is 83.4 cm³/mol. The van der Waals surface area contributed by atoms with E-state index >= 15 is 0 Å². The van der Waals surface area contributed by atoms with Gasteiger partial charge in [-0.05, 0) is 19.4 Å². The fourth-order valence-electron chi connectivity index (χ4n) is 2.31. The van der Waals surface area contributed by atoms with Gasteiger partial charge in [0.25, 0.3) is 11.6 Å². The zero-order valence-corrected chi connectivity index (χ0v) is 13.6. The van der Waals surface area contributed by atoms with E-state index in [1.807, 2.05) is 0 Å². The van der Waals surface area contributed by atoms with E-state index in [4.69, 9.17) is 4.74 Å². The molecule has 1 rings (SSSR count). The van der Waals surface area contributed by atoms with Crippen LogP contribution in [0, 0.1) is 24.0 Å². The Bertz CT molecular complexity index is 614. The molecule has 0 aliphatic heterocycles. The van der Waals surface area contributed by atoms with Gasteiger partial charge in [0.1, 0.15) is 6.61 Å². The number of benzene rings is 1. The minimum atomic E-state index is -0.502. The van der Waals surface area contributed by atoms with Gasteiger partial charge in [-0.15, -0.1) is 0 Å². The van der Waals surface area contributed by atoms with E-state index in [9.17, 15) is 19.7 Å². The molecule has 126 valence electrons. The molecule has 0 radical (unpaired) electrons. The number of carbonyl (C=O) groups is 2. The van der Waals surface area contributed by atoms with Crippen molar-refractivity contribution in [3.63, 3.8) is 0 Å². The highest BCUT2D eigenvalue weighted by molar-refractivity contribution is 5.97. The molecule has 1 aromatic carbocycles. The van der Waals surface area contributed by atoms with Crippen LogP contribution in [0.5, 0.6) is 0 Å². The largest absolute Gasteiger partial charge is 0.469 e. The second kappa shape index (κ2) is 8.23. The van der Waals surface area contributed by atoms with Crippen molar-refractivity contribution in [1.29, 1.82) is 0 Å². The number of anilines is 1. The molecule has 1 amide bonds. The van der Waals surface area contributed by atoms with Crippen LogP contribution in [-0.4, -0.2) is 44.2 Å². The number of nitro benzene ring substituents is 1. The number of hydrogen-bond donors (Lipinski definition) is 0. The smallest absolute Gasteiger partial charge is 0.307 e. The van der Waals surface area contributed by atoms with Gasteiger partial charge >= 0.3 is 5.97 Å². The number of esters is 1. The first-order valence-electron chi connectivity index (χ1n) is 6.94. The quantitative estimate of drug-likeness (QED) is 0.430. The molecule has 0 aliphatic carbocycles. The Labute approximate surface area is 134 Å². The maximum absolute atomic E-state index is 12.3. The molecule has 0 saturated carbocycles. The van der Waals surface area contributed by atoms with Gasteiger partial charge < -0.3 is 14.4 Å². The molecule has 0 heterocycles. The molecule has 23 heavy (non-hydrogen) atoms. The Morgan fingerprint density at radius 2 is 1.91 bits per heavy atom. The number of ether oxygens (including phenoxy) is 2. The number of carbonyl (C=O) groups excluding carboxylic acids is 2. The normalized spacial score (nSPS) is 10.3. The first kappa shape index (κ1) is 18.6. The maximum Gasteiger partial charge on any atom is 0.307 e. The summed E-state index contributed by atoms with van der Waals surface area (Å²) in [5.74, 6) is -0.857. The first-order chi connectivity index (χ1) is 10.8. The van der Waals surface area contributed by atoms with Crippen LogP contribution in [-0.2, 0) is 19.1 Å². The van der Waals surface area contributed by atoms with Crippen LogP contribution in [0.25, 0.3) is 0 Å². The van der Waals surface area contributed by atoms with Gasteiger partial charge in [0.05, 0.1) is 29.7 Å². The van der Waals surface area contributed by atoms with Gasteiger partial charge in [0.2, 0.25) is 0 Å². The van der Waals surface area contributed by atoms with E-state index in [2.05, 4.69) is 4.74 Å². The Morgan fingerprint density at radius 1 is 1.26 bits per heavy atom. The lowest BCUT2D eigenvalue weighted by molar-refractivity contribution is -0.385. The number of nitro groups is 1. The van der Waals surface area contributed by atoms with Gasteiger partial charge in [-0.2, -0.15) is 0 Å². The number of amides is 1. The molecule has 0 aliphatic rings. The van der Waals surface area contributed by atoms with Gasteiger partial charge in [-0.3, -0.25) is 19.7 Å². The van der Waals surface area contributed by atoms with Gasteiger partial charge in [0.15, 0.2) is 0 Å². The van der Waals surface area contributed by atoms with Crippen LogP contribution in [0.2, 0.25) is 0 Å². The van der Waals surface area contributed by atoms with E-state index in [1.165, 1.54) is 25.2 Å². The number of nitrogens with zero attached hydrogens (tertiary/aromatic N) is 2. The molecule has 0 unspecified atom stereocenters. The summed E-state index contributed by atoms with van der Waals surface area (Å²) in [6.07, 6.45) is -0.0203. The van der Waals surface area contributed by atoms with Crippen molar-refractivity contribution in [3.8, 4) is 0 Å². The van der Waals surface area contributed by atoms with Crippen LogP contribution in [0.15, 0.2) is 12.1 Å². The molecular weight excluding hydrogens is 304 g/mol. The summed E-state index contributed by atoms with van der Waals surface area (Å²) in [7, 11) is 2.64. The van der Waals surface area contributed by atoms with E-state index in [1.54, 1.807) is 19.9 Å². The van der Waals surface area contributed by atoms with E-state index < -0.39 is 10.9 Å². The summed E-state index contributed by atoms with van der Waals surface area (Å²) in [6, 6.07) is 2.97. The van der Waals surface area contributed by atoms with Crippen LogP contribution in [0.3, 0.4) is 0 Å². The van der Waals surface area contributed by atoms with Crippen LogP contribution < -0.4 is 4.90 Å². The summed E-state index contributed by atoms with van der Waals surface area (Å²) in [5, 5.41) is 11.1. The standard InChI is InChI=1S/C15H20N2O6/c1-10-5-6-12(17(20)21)11(2)15(10)16(13(18)9-22-3)8-7-14(19)23-4/h5-6H,7-9H2,1-4H3. The zero-order chi connectivity index (χ0) is 17.6. The van der Waals surface area contributed by atoms with Gasteiger partial charge in [-0.25, -0.2) is 0 Å². The average Bonchev–Trinajstić information content (AvgIpc) is 2.49. The van der Waals surface area contributed by atoms with Crippen molar-refractivity contribution in [2.45, 2.75) is 20.3 Å². The highest BCUT2D eigenvalue weighted by Gasteiger charge is 2.25. The summed E-state index contributed by atoms with van der Waals surface area (Å²) >= 11 is 0. The molecule has 0 N–H and O–H groups in total. The zero-order valence-electron chi connectivity index (χ0n) is 13.6. The van der Waals surface area contributed by atoms with E-state index in [-0.39, 0.29) is 31.2 Å².